The molecule has 20 heavy (non-hydrogen) atoms. The predicted octanol–water partition coefficient (Wildman–Crippen LogP) is 1.98. The molecule has 0 spiro atoms. The molecule has 0 saturated carbocycles. The Balaban J connectivity index is 1.88. The minimum atomic E-state index is -0.896. The van der Waals surface area contributed by atoms with Crippen LogP contribution in [0.2, 0.25) is 0 Å². The second kappa shape index (κ2) is 7.64. The fourth-order valence-corrected chi connectivity index (χ4v) is 3.27. The SMILES string of the molecule is CCOC(CCSc1nnc2n1CCCCC2)C(=O)O. The van der Waals surface area contributed by atoms with Crippen LogP contribution in [0.25, 0.3) is 0 Å². The molecule has 1 aliphatic heterocycles. The number of nitrogens with zero attached hydrogens (tertiary/aromatic N) is 3. The second-order valence-electron chi connectivity index (χ2n) is 4.78. The van der Waals surface area contributed by atoms with Crippen LogP contribution in [0.15, 0.2) is 5.16 Å². The maximum atomic E-state index is 11.0. The van der Waals surface area contributed by atoms with Crippen LogP contribution in [-0.2, 0) is 22.5 Å². The number of rotatable bonds is 7. The van der Waals surface area contributed by atoms with E-state index in [4.69, 9.17) is 9.84 Å². The normalized spacial score (nSPS) is 16.4. The summed E-state index contributed by atoms with van der Waals surface area (Å²) in [5, 5.41) is 18.4. The Bertz CT molecular complexity index is 450. The maximum absolute atomic E-state index is 11.0. The van der Waals surface area contributed by atoms with Gasteiger partial charge in [0.1, 0.15) is 5.82 Å². The van der Waals surface area contributed by atoms with Crippen molar-refractivity contribution in [1.29, 1.82) is 0 Å². The minimum Gasteiger partial charge on any atom is -0.479 e. The van der Waals surface area contributed by atoms with E-state index in [1.165, 1.54) is 12.8 Å². The molecule has 0 amide bonds. The van der Waals surface area contributed by atoms with Gasteiger partial charge in [0.2, 0.25) is 0 Å². The monoisotopic (exact) mass is 299 g/mol. The van der Waals surface area contributed by atoms with E-state index in [2.05, 4.69) is 14.8 Å². The van der Waals surface area contributed by atoms with E-state index in [9.17, 15) is 4.79 Å². The zero-order chi connectivity index (χ0) is 14.4. The minimum absolute atomic E-state index is 0.419. The molecule has 2 heterocycles. The molecule has 0 radical (unpaired) electrons. The number of carbonyl (C=O) groups is 1. The van der Waals surface area contributed by atoms with Crippen LogP contribution in [0.5, 0.6) is 0 Å². The zero-order valence-corrected chi connectivity index (χ0v) is 12.6. The molecular formula is C13H21N3O3S. The number of carboxylic acid groups (broad SMARTS) is 1. The van der Waals surface area contributed by atoms with Gasteiger partial charge in [-0.1, -0.05) is 18.2 Å². The Labute approximate surface area is 122 Å². The van der Waals surface area contributed by atoms with Gasteiger partial charge in [-0.25, -0.2) is 4.79 Å². The molecule has 1 aromatic heterocycles. The van der Waals surface area contributed by atoms with Crippen molar-refractivity contribution in [2.75, 3.05) is 12.4 Å². The van der Waals surface area contributed by atoms with Crippen molar-refractivity contribution in [3.63, 3.8) is 0 Å². The van der Waals surface area contributed by atoms with E-state index < -0.39 is 12.1 Å². The third kappa shape index (κ3) is 3.96. The maximum Gasteiger partial charge on any atom is 0.332 e. The summed E-state index contributed by atoms with van der Waals surface area (Å²) in [6, 6.07) is 0. The largest absolute Gasteiger partial charge is 0.479 e. The lowest BCUT2D eigenvalue weighted by molar-refractivity contribution is -0.150. The third-order valence-electron chi connectivity index (χ3n) is 3.33. The lowest BCUT2D eigenvalue weighted by Crippen LogP contribution is -2.24. The summed E-state index contributed by atoms with van der Waals surface area (Å²) in [6.07, 6.45) is 4.32. The average molecular weight is 299 g/mol. The van der Waals surface area contributed by atoms with Gasteiger partial charge in [0.15, 0.2) is 11.3 Å². The Kier molecular flexibility index (Phi) is 5.85. The number of aliphatic carboxylic acids is 1. The zero-order valence-electron chi connectivity index (χ0n) is 11.7. The van der Waals surface area contributed by atoms with Gasteiger partial charge in [-0.15, -0.1) is 10.2 Å². The van der Waals surface area contributed by atoms with Crippen molar-refractivity contribution in [3.8, 4) is 0 Å². The van der Waals surface area contributed by atoms with E-state index in [-0.39, 0.29) is 0 Å². The molecule has 7 heteroatoms. The van der Waals surface area contributed by atoms with Gasteiger partial charge in [0.05, 0.1) is 0 Å². The van der Waals surface area contributed by atoms with Gasteiger partial charge in [0, 0.05) is 25.3 Å². The van der Waals surface area contributed by atoms with E-state index in [1.807, 2.05) is 6.92 Å². The Hall–Kier alpha value is -1.08. The van der Waals surface area contributed by atoms with Crippen LogP contribution in [-0.4, -0.2) is 44.3 Å². The van der Waals surface area contributed by atoms with Crippen LogP contribution < -0.4 is 0 Å². The van der Waals surface area contributed by atoms with Gasteiger partial charge in [0.25, 0.3) is 0 Å². The van der Waals surface area contributed by atoms with Crippen molar-refractivity contribution >= 4 is 17.7 Å². The fourth-order valence-electron chi connectivity index (χ4n) is 2.30. The number of aryl methyl sites for hydroxylation is 1. The highest BCUT2D eigenvalue weighted by Crippen LogP contribution is 2.22. The van der Waals surface area contributed by atoms with Gasteiger partial charge >= 0.3 is 5.97 Å². The highest BCUT2D eigenvalue weighted by atomic mass is 32.2. The molecular weight excluding hydrogens is 278 g/mol. The van der Waals surface area contributed by atoms with Crippen molar-refractivity contribution in [2.45, 2.75) is 56.8 Å². The number of hydrogen-bond donors (Lipinski definition) is 1. The van der Waals surface area contributed by atoms with Crippen LogP contribution in [0.4, 0.5) is 0 Å². The molecule has 1 N–H and O–H groups in total. The van der Waals surface area contributed by atoms with Gasteiger partial charge in [-0.05, 0) is 26.2 Å². The number of hydrogen-bond acceptors (Lipinski definition) is 5. The lowest BCUT2D eigenvalue weighted by Gasteiger charge is -2.12. The van der Waals surface area contributed by atoms with E-state index in [1.54, 1.807) is 11.8 Å². The molecule has 0 aromatic carbocycles. The van der Waals surface area contributed by atoms with E-state index in [0.717, 1.165) is 30.4 Å². The van der Waals surface area contributed by atoms with Gasteiger partial charge in [-0.3, -0.25) is 0 Å². The molecule has 1 atom stereocenters. The van der Waals surface area contributed by atoms with Crippen LogP contribution in [0.1, 0.15) is 38.4 Å². The molecule has 1 unspecified atom stereocenters. The number of aromatic nitrogens is 3. The predicted molar refractivity (Wildman–Crippen MR) is 76.0 cm³/mol. The van der Waals surface area contributed by atoms with Crippen LogP contribution in [0.3, 0.4) is 0 Å². The molecule has 1 aliphatic rings. The average Bonchev–Trinajstić information content (AvgIpc) is 2.66. The Morgan fingerprint density at radius 1 is 1.45 bits per heavy atom. The van der Waals surface area contributed by atoms with Gasteiger partial charge < -0.3 is 14.4 Å². The number of thioether (sulfide) groups is 1. The molecule has 1 aromatic rings. The number of ether oxygens (including phenoxy) is 1. The molecule has 0 fully saturated rings. The second-order valence-corrected chi connectivity index (χ2v) is 5.84. The summed E-state index contributed by atoms with van der Waals surface area (Å²) in [5.41, 5.74) is 0. The first kappa shape index (κ1) is 15.3. The number of fused-ring (bicyclic) bond motifs is 1. The van der Waals surface area contributed by atoms with Gasteiger partial charge in [-0.2, -0.15) is 0 Å². The van der Waals surface area contributed by atoms with Crippen molar-refractivity contribution < 1.29 is 14.6 Å². The van der Waals surface area contributed by atoms with Crippen molar-refractivity contribution in [2.24, 2.45) is 0 Å². The summed E-state index contributed by atoms with van der Waals surface area (Å²) in [5.74, 6) is 0.840. The van der Waals surface area contributed by atoms with Crippen LogP contribution in [0, 0.1) is 0 Å². The molecule has 0 aliphatic carbocycles. The first-order valence-corrected chi connectivity index (χ1v) is 8.10. The van der Waals surface area contributed by atoms with E-state index in [0.29, 0.717) is 18.8 Å². The smallest absolute Gasteiger partial charge is 0.332 e. The molecule has 6 nitrogen and oxygen atoms in total. The molecule has 112 valence electrons. The summed E-state index contributed by atoms with van der Waals surface area (Å²) in [6.45, 7) is 3.20. The summed E-state index contributed by atoms with van der Waals surface area (Å²) < 4.78 is 7.37. The highest BCUT2D eigenvalue weighted by Gasteiger charge is 2.19. The summed E-state index contributed by atoms with van der Waals surface area (Å²) in [4.78, 5) is 11.0. The summed E-state index contributed by atoms with van der Waals surface area (Å²) in [7, 11) is 0. The Morgan fingerprint density at radius 2 is 2.30 bits per heavy atom. The standard InChI is InChI=1S/C13H21N3O3S/c1-2-19-10(12(17)18)7-9-20-13-15-14-11-6-4-3-5-8-16(11)13/h10H,2-9H2,1H3,(H,17,18). The van der Waals surface area contributed by atoms with Crippen molar-refractivity contribution in [1.82, 2.24) is 14.8 Å². The first-order valence-electron chi connectivity index (χ1n) is 7.11. The number of carboxylic acids is 1. The van der Waals surface area contributed by atoms with Crippen LogP contribution >= 0.6 is 11.8 Å². The molecule has 0 bridgehead atoms. The lowest BCUT2D eigenvalue weighted by atomic mass is 10.2. The third-order valence-corrected chi connectivity index (χ3v) is 4.33. The molecule has 2 rings (SSSR count). The Morgan fingerprint density at radius 3 is 3.05 bits per heavy atom. The van der Waals surface area contributed by atoms with Crippen molar-refractivity contribution in [3.05, 3.63) is 5.82 Å². The van der Waals surface area contributed by atoms with E-state index >= 15 is 0 Å². The summed E-state index contributed by atoms with van der Waals surface area (Å²) >= 11 is 1.57. The topological polar surface area (TPSA) is 77.2 Å². The first-order chi connectivity index (χ1) is 9.72. The molecule has 0 saturated heterocycles. The quantitative estimate of drug-likeness (QED) is 0.776. The fraction of sp³-hybridized carbons (Fsp3) is 0.769. The highest BCUT2D eigenvalue weighted by molar-refractivity contribution is 7.99.